The molecule has 3 aromatic rings. The lowest BCUT2D eigenvalue weighted by Gasteiger charge is -1.99. The summed E-state index contributed by atoms with van der Waals surface area (Å²) in [6.45, 7) is 0. The number of nitrogens with zero attached hydrogens (tertiary/aromatic N) is 1. The van der Waals surface area contributed by atoms with Crippen LogP contribution in [0.1, 0.15) is 12.0 Å². The lowest BCUT2D eigenvalue weighted by Crippen LogP contribution is -1.85. The third kappa shape index (κ3) is 1.57. The normalized spacial score (nSPS) is 10.8. The van der Waals surface area contributed by atoms with Gasteiger partial charge >= 0.3 is 0 Å². The Labute approximate surface area is 99.5 Å². The zero-order valence-corrected chi connectivity index (χ0v) is 9.40. The molecule has 0 aliphatic carbocycles. The van der Waals surface area contributed by atoms with Crippen molar-refractivity contribution >= 4 is 21.8 Å². The molecule has 0 saturated carbocycles. The topological polar surface area (TPSA) is 39.6 Å². The minimum absolute atomic E-state index is 0.564. The van der Waals surface area contributed by atoms with Gasteiger partial charge in [0.25, 0.3) is 0 Å². The molecule has 0 unspecified atom stereocenters. The molecule has 2 aromatic carbocycles. The number of aromatic amines is 1. The highest BCUT2D eigenvalue weighted by Crippen LogP contribution is 2.27. The summed E-state index contributed by atoms with van der Waals surface area (Å²) in [6, 6.07) is 16.8. The van der Waals surface area contributed by atoms with Crippen molar-refractivity contribution in [3.8, 4) is 6.07 Å². The second kappa shape index (κ2) is 3.95. The van der Waals surface area contributed by atoms with Gasteiger partial charge in [-0.15, -0.1) is 0 Å². The summed E-state index contributed by atoms with van der Waals surface area (Å²) in [6.07, 6.45) is 1.37. The third-order valence-electron chi connectivity index (χ3n) is 3.13. The minimum atomic E-state index is 0.564. The van der Waals surface area contributed by atoms with Gasteiger partial charge in [0.05, 0.1) is 6.07 Å². The first kappa shape index (κ1) is 9.92. The van der Waals surface area contributed by atoms with Crippen molar-refractivity contribution in [1.29, 1.82) is 5.26 Å². The number of hydrogen-bond acceptors (Lipinski definition) is 1. The number of nitrogens with one attached hydrogen (secondary N) is 1. The maximum Gasteiger partial charge on any atom is 0.0625 e. The molecule has 0 fully saturated rings. The fraction of sp³-hybridized carbons (Fsp3) is 0.133. The van der Waals surface area contributed by atoms with Crippen LogP contribution in [0.4, 0.5) is 0 Å². The van der Waals surface area contributed by atoms with E-state index in [1.165, 1.54) is 21.9 Å². The molecule has 1 heterocycles. The molecule has 3 rings (SSSR count). The van der Waals surface area contributed by atoms with Gasteiger partial charge in [0.2, 0.25) is 0 Å². The van der Waals surface area contributed by atoms with Gasteiger partial charge in [0.1, 0.15) is 0 Å². The molecule has 0 atom stereocenters. The van der Waals surface area contributed by atoms with E-state index < -0.39 is 0 Å². The highest BCUT2D eigenvalue weighted by molar-refractivity contribution is 6.08. The minimum Gasteiger partial charge on any atom is -0.354 e. The van der Waals surface area contributed by atoms with Crippen LogP contribution in [-0.4, -0.2) is 4.98 Å². The molecule has 0 bridgehead atoms. The Bertz CT molecular complexity index is 716. The van der Waals surface area contributed by atoms with Crippen molar-refractivity contribution in [3.05, 3.63) is 48.0 Å². The van der Waals surface area contributed by atoms with E-state index in [-0.39, 0.29) is 0 Å². The fourth-order valence-electron chi connectivity index (χ4n) is 2.33. The molecule has 0 spiro atoms. The molecule has 0 saturated heterocycles. The molecule has 0 amide bonds. The van der Waals surface area contributed by atoms with Gasteiger partial charge in [0, 0.05) is 28.2 Å². The summed E-state index contributed by atoms with van der Waals surface area (Å²) in [5, 5.41) is 11.2. The Morgan fingerprint density at radius 3 is 2.71 bits per heavy atom. The highest BCUT2D eigenvalue weighted by Gasteiger charge is 2.06. The molecule has 1 N–H and O–H groups in total. The van der Waals surface area contributed by atoms with Gasteiger partial charge < -0.3 is 4.98 Å². The van der Waals surface area contributed by atoms with Crippen LogP contribution in [0.3, 0.4) is 0 Å². The first-order valence-corrected chi connectivity index (χ1v) is 5.75. The largest absolute Gasteiger partial charge is 0.354 e. The Balaban J connectivity index is 2.28. The van der Waals surface area contributed by atoms with E-state index in [4.69, 9.17) is 5.26 Å². The quantitative estimate of drug-likeness (QED) is 0.701. The van der Waals surface area contributed by atoms with Crippen molar-refractivity contribution < 1.29 is 0 Å². The van der Waals surface area contributed by atoms with Crippen LogP contribution in [0, 0.1) is 11.3 Å². The lowest BCUT2D eigenvalue weighted by molar-refractivity contribution is 1.02. The van der Waals surface area contributed by atoms with Crippen LogP contribution in [-0.2, 0) is 6.42 Å². The van der Waals surface area contributed by atoms with Gasteiger partial charge in [-0.05, 0) is 18.1 Å². The van der Waals surface area contributed by atoms with Crippen LogP contribution in [0.2, 0.25) is 0 Å². The fourth-order valence-corrected chi connectivity index (χ4v) is 2.33. The molecule has 17 heavy (non-hydrogen) atoms. The summed E-state index contributed by atoms with van der Waals surface area (Å²) < 4.78 is 0. The maximum atomic E-state index is 8.68. The molecule has 2 heteroatoms. The van der Waals surface area contributed by atoms with Crippen molar-refractivity contribution in [3.63, 3.8) is 0 Å². The SMILES string of the molecule is N#CCCc1cccc2c1[nH]c1ccccc12. The van der Waals surface area contributed by atoms with Gasteiger partial charge in [-0.25, -0.2) is 0 Å². The van der Waals surface area contributed by atoms with Gasteiger partial charge in [-0.2, -0.15) is 5.26 Å². The molecular formula is C15H12N2. The Hall–Kier alpha value is -2.27. The van der Waals surface area contributed by atoms with Crippen molar-refractivity contribution in [2.75, 3.05) is 0 Å². The van der Waals surface area contributed by atoms with E-state index in [0.717, 1.165) is 11.9 Å². The van der Waals surface area contributed by atoms with Gasteiger partial charge in [-0.1, -0.05) is 36.4 Å². The monoisotopic (exact) mass is 220 g/mol. The summed E-state index contributed by atoms with van der Waals surface area (Å²) in [5.41, 5.74) is 3.55. The number of aryl methyl sites for hydroxylation is 1. The number of hydrogen-bond donors (Lipinski definition) is 1. The summed E-state index contributed by atoms with van der Waals surface area (Å²) in [7, 11) is 0. The first-order valence-electron chi connectivity index (χ1n) is 5.75. The Morgan fingerprint density at radius 2 is 1.82 bits per heavy atom. The molecule has 0 aliphatic rings. The predicted molar refractivity (Wildman–Crippen MR) is 69.7 cm³/mol. The van der Waals surface area contributed by atoms with Crippen LogP contribution in [0.5, 0.6) is 0 Å². The van der Waals surface area contributed by atoms with Gasteiger partial charge in [-0.3, -0.25) is 0 Å². The molecule has 2 nitrogen and oxygen atoms in total. The first-order chi connectivity index (χ1) is 8.40. The number of para-hydroxylation sites is 2. The smallest absolute Gasteiger partial charge is 0.0625 e. The summed E-state index contributed by atoms with van der Waals surface area (Å²) in [5.74, 6) is 0. The zero-order valence-electron chi connectivity index (χ0n) is 9.40. The second-order valence-electron chi connectivity index (χ2n) is 4.17. The Kier molecular flexibility index (Phi) is 2.31. The van der Waals surface area contributed by atoms with E-state index in [2.05, 4.69) is 47.5 Å². The average molecular weight is 220 g/mol. The number of nitriles is 1. The summed E-state index contributed by atoms with van der Waals surface area (Å²) in [4.78, 5) is 3.45. The van der Waals surface area contributed by atoms with E-state index in [0.29, 0.717) is 6.42 Å². The molecule has 1 aromatic heterocycles. The standard InChI is InChI=1S/C15H12N2/c16-10-4-6-11-5-3-8-13-12-7-1-2-9-14(12)17-15(11)13/h1-3,5,7-9,17H,4,6H2. The van der Waals surface area contributed by atoms with Crippen molar-refractivity contribution in [1.82, 2.24) is 4.98 Å². The number of benzene rings is 2. The Morgan fingerprint density at radius 1 is 1.00 bits per heavy atom. The third-order valence-corrected chi connectivity index (χ3v) is 3.13. The average Bonchev–Trinajstić information content (AvgIpc) is 2.75. The number of fused-ring (bicyclic) bond motifs is 3. The lowest BCUT2D eigenvalue weighted by atomic mass is 10.1. The molecular weight excluding hydrogens is 208 g/mol. The van der Waals surface area contributed by atoms with E-state index in [1.807, 2.05) is 6.07 Å². The zero-order chi connectivity index (χ0) is 11.7. The molecule has 0 radical (unpaired) electrons. The number of H-pyrrole nitrogens is 1. The maximum absolute atomic E-state index is 8.68. The molecule has 0 aliphatic heterocycles. The van der Waals surface area contributed by atoms with E-state index in [1.54, 1.807) is 0 Å². The van der Waals surface area contributed by atoms with Crippen LogP contribution < -0.4 is 0 Å². The predicted octanol–water partition coefficient (Wildman–Crippen LogP) is 3.78. The van der Waals surface area contributed by atoms with Crippen LogP contribution in [0.15, 0.2) is 42.5 Å². The molecule has 82 valence electrons. The number of aromatic nitrogens is 1. The van der Waals surface area contributed by atoms with Crippen molar-refractivity contribution in [2.45, 2.75) is 12.8 Å². The number of rotatable bonds is 2. The second-order valence-corrected chi connectivity index (χ2v) is 4.17. The van der Waals surface area contributed by atoms with Gasteiger partial charge in [0.15, 0.2) is 0 Å². The van der Waals surface area contributed by atoms with Crippen molar-refractivity contribution in [2.24, 2.45) is 0 Å². The van der Waals surface area contributed by atoms with E-state index >= 15 is 0 Å². The summed E-state index contributed by atoms with van der Waals surface area (Å²) >= 11 is 0. The van der Waals surface area contributed by atoms with Crippen LogP contribution >= 0.6 is 0 Å². The van der Waals surface area contributed by atoms with Crippen LogP contribution in [0.25, 0.3) is 21.8 Å². The highest BCUT2D eigenvalue weighted by atomic mass is 14.7. The van der Waals surface area contributed by atoms with E-state index in [9.17, 15) is 0 Å².